The van der Waals surface area contributed by atoms with E-state index in [1.54, 1.807) is 0 Å². The minimum atomic E-state index is 0.591. The van der Waals surface area contributed by atoms with Gasteiger partial charge in [-0.3, -0.25) is 0 Å². The Morgan fingerprint density at radius 1 is 0.895 bits per heavy atom. The standard InChI is InChI=1S/C17H20N2/c18-17-15(13-7-2-1-3-8-13)11-6-12-16(17)19-14-9-4-5-10-14/h1-3,6-8,11-12,14,19H,4-5,9-10,18H2. The zero-order valence-corrected chi connectivity index (χ0v) is 11.1. The van der Waals surface area contributed by atoms with Gasteiger partial charge in [-0.2, -0.15) is 0 Å². The molecule has 0 atom stereocenters. The van der Waals surface area contributed by atoms with Crippen LogP contribution in [0.15, 0.2) is 48.5 Å². The van der Waals surface area contributed by atoms with Gasteiger partial charge in [0.15, 0.2) is 0 Å². The quantitative estimate of drug-likeness (QED) is 0.800. The molecule has 0 amide bonds. The Kier molecular flexibility index (Phi) is 3.41. The van der Waals surface area contributed by atoms with E-state index >= 15 is 0 Å². The first-order chi connectivity index (χ1) is 9.34. The van der Waals surface area contributed by atoms with Crippen LogP contribution in [0.3, 0.4) is 0 Å². The van der Waals surface area contributed by atoms with Gasteiger partial charge in [-0.1, -0.05) is 55.3 Å². The van der Waals surface area contributed by atoms with Crippen molar-refractivity contribution in [2.45, 2.75) is 31.7 Å². The molecule has 0 bridgehead atoms. The minimum Gasteiger partial charge on any atom is -0.397 e. The van der Waals surface area contributed by atoms with Crippen LogP contribution in [0.4, 0.5) is 11.4 Å². The number of rotatable bonds is 3. The van der Waals surface area contributed by atoms with E-state index in [0.717, 1.165) is 16.9 Å². The van der Waals surface area contributed by atoms with Gasteiger partial charge in [-0.05, 0) is 24.5 Å². The second-order valence-corrected chi connectivity index (χ2v) is 5.26. The molecule has 1 fully saturated rings. The molecule has 2 nitrogen and oxygen atoms in total. The van der Waals surface area contributed by atoms with Crippen molar-refractivity contribution < 1.29 is 0 Å². The Morgan fingerprint density at radius 3 is 2.37 bits per heavy atom. The second kappa shape index (κ2) is 5.35. The largest absolute Gasteiger partial charge is 0.397 e. The number of para-hydroxylation sites is 1. The highest BCUT2D eigenvalue weighted by molar-refractivity contribution is 5.85. The van der Waals surface area contributed by atoms with Crippen molar-refractivity contribution in [1.82, 2.24) is 0 Å². The molecule has 0 radical (unpaired) electrons. The fourth-order valence-corrected chi connectivity index (χ4v) is 2.85. The Hall–Kier alpha value is -1.96. The Morgan fingerprint density at radius 2 is 1.63 bits per heavy atom. The van der Waals surface area contributed by atoms with Gasteiger partial charge in [0.05, 0.1) is 11.4 Å². The lowest BCUT2D eigenvalue weighted by molar-refractivity contribution is 0.756. The van der Waals surface area contributed by atoms with Crippen LogP contribution in [-0.4, -0.2) is 6.04 Å². The molecule has 98 valence electrons. The highest BCUT2D eigenvalue weighted by Gasteiger charge is 2.16. The first-order valence-electron chi connectivity index (χ1n) is 7.05. The third-order valence-electron chi connectivity index (χ3n) is 3.91. The molecule has 0 aromatic heterocycles. The fraction of sp³-hybridized carbons (Fsp3) is 0.294. The van der Waals surface area contributed by atoms with Crippen molar-refractivity contribution in [3.63, 3.8) is 0 Å². The number of nitrogens with two attached hydrogens (primary N) is 1. The molecule has 2 aromatic carbocycles. The average molecular weight is 252 g/mol. The summed E-state index contributed by atoms with van der Waals surface area (Å²) >= 11 is 0. The Labute approximate surface area is 114 Å². The molecule has 3 N–H and O–H groups in total. The van der Waals surface area contributed by atoms with Gasteiger partial charge in [-0.15, -0.1) is 0 Å². The smallest absolute Gasteiger partial charge is 0.0629 e. The van der Waals surface area contributed by atoms with Crippen LogP contribution in [0.1, 0.15) is 25.7 Å². The highest BCUT2D eigenvalue weighted by Crippen LogP contribution is 2.33. The first-order valence-corrected chi connectivity index (χ1v) is 7.05. The van der Waals surface area contributed by atoms with Crippen molar-refractivity contribution in [2.24, 2.45) is 0 Å². The van der Waals surface area contributed by atoms with Gasteiger partial charge < -0.3 is 11.1 Å². The van der Waals surface area contributed by atoms with E-state index in [0.29, 0.717) is 6.04 Å². The number of hydrogen-bond acceptors (Lipinski definition) is 2. The molecule has 3 rings (SSSR count). The third-order valence-corrected chi connectivity index (χ3v) is 3.91. The van der Waals surface area contributed by atoms with E-state index < -0.39 is 0 Å². The van der Waals surface area contributed by atoms with E-state index in [4.69, 9.17) is 5.73 Å². The van der Waals surface area contributed by atoms with Crippen molar-refractivity contribution >= 4 is 11.4 Å². The molecule has 0 aliphatic heterocycles. The molecule has 0 spiro atoms. The molecule has 1 aliphatic rings. The van der Waals surface area contributed by atoms with E-state index in [9.17, 15) is 0 Å². The summed E-state index contributed by atoms with van der Waals surface area (Å²) in [5.41, 5.74) is 10.6. The number of benzene rings is 2. The normalized spacial score (nSPS) is 15.6. The summed E-state index contributed by atoms with van der Waals surface area (Å²) in [5.74, 6) is 0. The summed E-state index contributed by atoms with van der Waals surface area (Å²) in [4.78, 5) is 0. The average Bonchev–Trinajstić information content (AvgIpc) is 2.95. The molecular weight excluding hydrogens is 232 g/mol. The summed E-state index contributed by atoms with van der Waals surface area (Å²) in [6.45, 7) is 0. The van der Waals surface area contributed by atoms with Crippen molar-refractivity contribution in [3.8, 4) is 11.1 Å². The lowest BCUT2D eigenvalue weighted by atomic mass is 10.0. The monoisotopic (exact) mass is 252 g/mol. The predicted molar refractivity (Wildman–Crippen MR) is 82.2 cm³/mol. The third kappa shape index (κ3) is 2.58. The van der Waals surface area contributed by atoms with Crippen LogP contribution in [-0.2, 0) is 0 Å². The van der Waals surface area contributed by atoms with Gasteiger partial charge >= 0.3 is 0 Å². The summed E-state index contributed by atoms with van der Waals surface area (Å²) < 4.78 is 0. The summed E-state index contributed by atoms with van der Waals surface area (Å²) in [6, 6.07) is 17.2. The first kappa shape index (κ1) is 12.1. The molecule has 0 saturated heterocycles. The lowest BCUT2D eigenvalue weighted by Gasteiger charge is -2.17. The maximum Gasteiger partial charge on any atom is 0.0629 e. The fourth-order valence-electron chi connectivity index (χ4n) is 2.85. The van der Waals surface area contributed by atoms with Crippen molar-refractivity contribution in [2.75, 3.05) is 11.1 Å². The zero-order valence-electron chi connectivity index (χ0n) is 11.1. The molecular formula is C17H20N2. The molecule has 1 saturated carbocycles. The second-order valence-electron chi connectivity index (χ2n) is 5.26. The van der Waals surface area contributed by atoms with Crippen LogP contribution >= 0.6 is 0 Å². The SMILES string of the molecule is Nc1c(NC2CCCC2)cccc1-c1ccccc1. The summed E-state index contributed by atoms with van der Waals surface area (Å²) in [7, 11) is 0. The molecule has 2 aromatic rings. The van der Waals surface area contributed by atoms with E-state index in [1.165, 1.54) is 31.2 Å². The summed E-state index contributed by atoms with van der Waals surface area (Å²) in [6.07, 6.45) is 5.18. The Balaban J connectivity index is 1.90. The number of anilines is 2. The molecule has 1 aliphatic carbocycles. The van der Waals surface area contributed by atoms with E-state index in [2.05, 4.69) is 35.6 Å². The number of hydrogen-bond donors (Lipinski definition) is 2. The van der Waals surface area contributed by atoms with Crippen LogP contribution in [0.2, 0.25) is 0 Å². The summed E-state index contributed by atoms with van der Waals surface area (Å²) in [5, 5.41) is 3.59. The van der Waals surface area contributed by atoms with Crippen LogP contribution < -0.4 is 11.1 Å². The maximum atomic E-state index is 6.33. The predicted octanol–water partition coefficient (Wildman–Crippen LogP) is 4.29. The van der Waals surface area contributed by atoms with Gasteiger partial charge in [0.1, 0.15) is 0 Å². The van der Waals surface area contributed by atoms with Crippen LogP contribution in [0.25, 0.3) is 11.1 Å². The van der Waals surface area contributed by atoms with Gasteiger partial charge in [0.25, 0.3) is 0 Å². The lowest BCUT2D eigenvalue weighted by Crippen LogP contribution is -2.15. The van der Waals surface area contributed by atoms with E-state index in [-0.39, 0.29) is 0 Å². The molecule has 2 heteroatoms. The minimum absolute atomic E-state index is 0.591. The van der Waals surface area contributed by atoms with Crippen molar-refractivity contribution in [3.05, 3.63) is 48.5 Å². The molecule has 19 heavy (non-hydrogen) atoms. The van der Waals surface area contributed by atoms with Gasteiger partial charge in [0.2, 0.25) is 0 Å². The number of nitrogens with one attached hydrogen (secondary N) is 1. The highest BCUT2D eigenvalue weighted by atomic mass is 14.9. The molecule has 0 heterocycles. The van der Waals surface area contributed by atoms with Gasteiger partial charge in [0, 0.05) is 11.6 Å². The zero-order chi connectivity index (χ0) is 13.1. The molecule has 0 unspecified atom stereocenters. The maximum absolute atomic E-state index is 6.33. The van der Waals surface area contributed by atoms with Crippen LogP contribution in [0, 0.1) is 0 Å². The van der Waals surface area contributed by atoms with E-state index in [1.807, 2.05) is 18.2 Å². The van der Waals surface area contributed by atoms with Crippen molar-refractivity contribution in [1.29, 1.82) is 0 Å². The Bertz CT molecular complexity index is 542. The van der Waals surface area contributed by atoms with Crippen LogP contribution in [0.5, 0.6) is 0 Å². The topological polar surface area (TPSA) is 38.0 Å². The number of nitrogen functional groups attached to an aromatic ring is 1. The van der Waals surface area contributed by atoms with Gasteiger partial charge in [-0.25, -0.2) is 0 Å².